The molecule has 1 rings (SSSR count). The minimum Gasteiger partial charge on any atom is -0.392 e. The number of hydrogen-bond donors (Lipinski definition) is 0. The summed E-state index contributed by atoms with van der Waals surface area (Å²) in [7, 11) is 5.73. The summed E-state index contributed by atoms with van der Waals surface area (Å²) in [5.41, 5.74) is 1.44. The van der Waals surface area contributed by atoms with Gasteiger partial charge in [0, 0.05) is 5.56 Å². The molecule has 0 aromatic heterocycles. The Labute approximate surface area is 71.7 Å². The van der Waals surface area contributed by atoms with Crippen LogP contribution in [-0.2, 0) is 6.54 Å². The summed E-state index contributed by atoms with van der Waals surface area (Å²) in [6.07, 6.45) is 0. The Hall–Kier alpha value is -0.603. The minimum atomic E-state index is 1.13. The second-order valence-electron chi connectivity index (χ2n) is 3.93. The van der Waals surface area contributed by atoms with Crippen molar-refractivity contribution in [2.24, 2.45) is 0 Å². The number of hydrogen-bond acceptors (Lipinski definition) is 0. The number of benzene rings is 1. The zero-order valence-corrected chi connectivity index (χ0v) is 9.54. The van der Waals surface area contributed by atoms with Crippen LogP contribution in [0.5, 0.6) is 0 Å². The molecule has 0 aliphatic heterocycles. The fourth-order valence-electron chi connectivity index (χ4n) is 1.13. The van der Waals surface area contributed by atoms with Crippen molar-refractivity contribution in [3.05, 3.63) is 35.9 Å². The molecule has 0 bridgehead atoms. The van der Waals surface area contributed by atoms with E-state index >= 15 is 0 Å². The quantitative estimate of drug-likeness (QED) is 0.563. The van der Waals surface area contributed by atoms with Crippen LogP contribution in [0.25, 0.3) is 0 Å². The van der Waals surface area contributed by atoms with E-state index in [4.69, 9.17) is 0 Å². The van der Waals surface area contributed by atoms with E-state index in [2.05, 4.69) is 44.4 Å². The van der Waals surface area contributed by atoms with E-state index in [0.29, 0.717) is 0 Å². The van der Waals surface area contributed by atoms with Crippen LogP contribution in [-0.4, -0.2) is 28.6 Å². The Balaban J connectivity index is 2.66. The number of quaternary nitrogens is 1. The van der Waals surface area contributed by atoms with Crippen molar-refractivity contribution >= 4 is 10.4 Å². The highest BCUT2D eigenvalue weighted by Crippen LogP contribution is 2.04. The summed E-state index contributed by atoms with van der Waals surface area (Å²) in [4.78, 5) is 0. The molecule has 0 aliphatic rings. The highest BCUT2D eigenvalue weighted by atomic mass is 28.2. The first-order valence-electron chi connectivity index (χ1n) is 3.92. The predicted octanol–water partition coefficient (Wildman–Crippen LogP) is 0.543. The van der Waals surface area contributed by atoms with Crippen molar-refractivity contribution in [3.63, 3.8) is 0 Å². The summed E-state index contributed by atoms with van der Waals surface area (Å²) in [6.45, 7) is 1.16. The summed E-state index contributed by atoms with van der Waals surface area (Å²) >= 11 is 0. The molecule has 0 aliphatic carbocycles. The Bertz CT molecular complexity index is 213. The third-order valence-corrected chi connectivity index (χ3v) is 1.82. The highest BCUT2D eigenvalue weighted by molar-refractivity contribution is 5.97. The van der Waals surface area contributed by atoms with Crippen LogP contribution in [0.15, 0.2) is 30.3 Å². The lowest BCUT2D eigenvalue weighted by Crippen LogP contribution is -2.35. The molecule has 0 unspecified atom stereocenters. The predicted molar refractivity (Wildman–Crippen MR) is 52.2 cm³/mol. The lowest BCUT2D eigenvalue weighted by atomic mass is 10.2. The second-order valence-corrected chi connectivity index (χ2v) is 6.36. The van der Waals surface area contributed by atoms with Gasteiger partial charge in [0.05, 0.1) is 20.6 Å². The zero-order chi connectivity index (χ0) is 8.32. The van der Waals surface area contributed by atoms with Gasteiger partial charge in [-0.2, -0.15) is 0 Å². The second kappa shape index (κ2) is 3.20. The van der Waals surface area contributed by atoms with Gasteiger partial charge < -0.3 is 4.15 Å². The van der Waals surface area contributed by atoms with Crippen LogP contribution in [0.3, 0.4) is 0 Å². The molecule has 0 atom stereocenters. The average molecular weight is 166 g/mol. The first-order chi connectivity index (χ1) is 5.08. The molecule has 0 fully saturated rings. The summed E-state index contributed by atoms with van der Waals surface area (Å²) < 4.78 is 1.13. The molecule has 0 saturated heterocycles. The Morgan fingerprint density at radius 1 is 1.18 bits per heavy atom. The maximum absolute atomic E-state index is 2.26. The summed E-state index contributed by atoms with van der Waals surface area (Å²) in [5.74, 6) is 0. The standard InChI is InChI=1S/C9H16NSi/c1-10(2,11)8-9-6-4-3-5-7-9/h3-7H,8H2,1-2,11H3/q+1. The van der Waals surface area contributed by atoms with Gasteiger partial charge in [-0.05, 0) is 0 Å². The Morgan fingerprint density at radius 3 is 2.18 bits per heavy atom. The third-order valence-electron chi connectivity index (χ3n) is 1.50. The molecule has 0 saturated carbocycles. The molecule has 0 amide bonds. The molecule has 2 heteroatoms. The average Bonchev–Trinajstić information content (AvgIpc) is 1.85. The van der Waals surface area contributed by atoms with Crippen molar-refractivity contribution in [2.45, 2.75) is 6.54 Å². The number of rotatable bonds is 2. The maximum Gasteiger partial charge on any atom is 0.239 e. The fourth-order valence-corrected chi connectivity index (χ4v) is 1.50. The topological polar surface area (TPSA) is 0 Å². The van der Waals surface area contributed by atoms with Gasteiger partial charge in [-0.15, -0.1) is 0 Å². The zero-order valence-electron chi connectivity index (χ0n) is 7.54. The molecule has 60 valence electrons. The largest absolute Gasteiger partial charge is 0.392 e. The van der Waals surface area contributed by atoms with E-state index in [1.807, 2.05) is 0 Å². The Kier molecular flexibility index (Phi) is 2.47. The van der Waals surface area contributed by atoms with Gasteiger partial charge in [0.25, 0.3) is 0 Å². The van der Waals surface area contributed by atoms with Crippen molar-refractivity contribution in [2.75, 3.05) is 14.1 Å². The van der Waals surface area contributed by atoms with E-state index in [0.717, 1.165) is 10.7 Å². The molecule has 11 heavy (non-hydrogen) atoms. The van der Waals surface area contributed by atoms with E-state index in [9.17, 15) is 0 Å². The van der Waals surface area contributed by atoms with E-state index in [1.54, 1.807) is 0 Å². The minimum absolute atomic E-state index is 1.13. The summed E-state index contributed by atoms with van der Waals surface area (Å²) in [5, 5.41) is 0. The van der Waals surface area contributed by atoms with Crippen LogP contribution in [0, 0.1) is 0 Å². The molecule has 0 N–H and O–H groups in total. The highest BCUT2D eigenvalue weighted by Gasteiger charge is 2.05. The first-order valence-corrected chi connectivity index (χ1v) is 4.82. The van der Waals surface area contributed by atoms with Gasteiger partial charge in [-0.1, -0.05) is 30.3 Å². The van der Waals surface area contributed by atoms with Gasteiger partial charge in [0.15, 0.2) is 0 Å². The molecular formula is C9H16NSi+. The SMILES string of the molecule is C[N+](C)([SiH3])Cc1ccccc1. The fraction of sp³-hybridized carbons (Fsp3) is 0.333. The van der Waals surface area contributed by atoms with E-state index in [-0.39, 0.29) is 0 Å². The Morgan fingerprint density at radius 2 is 1.73 bits per heavy atom. The molecule has 1 nitrogen and oxygen atoms in total. The van der Waals surface area contributed by atoms with Gasteiger partial charge >= 0.3 is 0 Å². The monoisotopic (exact) mass is 166 g/mol. The first kappa shape index (κ1) is 8.49. The molecule has 1 aromatic rings. The molecule has 0 spiro atoms. The van der Waals surface area contributed by atoms with Gasteiger partial charge in [0.1, 0.15) is 0 Å². The van der Waals surface area contributed by atoms with Gasteiger partial charge in [-0.25, -0.2) is 0 Å². The van der Waals surface area contributed by atoms with Crippen LogP contribution in [0.4, 0.5) is 0 Å². The number of nitrogens with zero attached hydrogens (tertiary/aromatic N) is 1. The third kappa shape index (κ3) is 3.35. The molecule has 0 radical (unpaired) electrons. The van der Waals surface area contributed by atoms with Crippen molar-refractivity contribution < 1.29 is 4.15 Å². The lowest BCUT2D eigenvalue weighted by molar-refractivity contribution is -0.787. The molecule has 1 aromatic carbocycles. The normalized spacial score (nSPS) is 11.8. The van der Waals surface area contributed by atoms with Crippen LogP contribution in [0.2, 0.25) is 0 Å². The van der Waals surface area contributed by atoms with Crippen LogP contribution in [0.1, 0.15) is 5.56 Å². The summed E-state index contributed by atoms with van der Waals surface area (Å²) in [6, 6.07) is 10.7. The van der Waals surface area contributed by atoms with E-state index < -0.39 is 0 Å². The van der Waals surface area contributed by atoms with E-state index in [1.165, 1.54) is 16.0 Å². The van der Waals surface area contributed by atoms with Gasteiger partial charge in [-0.3, -0.25) is 0 Å². The molecule has 0 heterocycles. The van der Waals surface area contributed by atoms with Crippen molar-refractivity contribution in [3.8, 4) is 0 Å². The van der Waals surface area contributed by atoms with Crippen LogP contribution < -0.4 is 0 Å². The van der Waals surface area contributed by atoms with Crippen LogP contribution >= 0.6 is 0 Å². The molecular weight excluding hydrogens is 150 g/mol. The van der Waals surface area contributed by atoms with Gasteiger partial charge in [0.2, 0.25) is 10.4 Å². The van der Waals surface area contributed by atoms with Crippen molar-refractivity contribution in [1.82, 2.24) is 0 Å². The lowest BCUT2D eigenvalue weighted by Gasteiger charge is -2.25. The maximum atomic E-state index is 2.26. The smallest absolute Gasteiger partial charge is 0.239 e. The van der Waals surface area contributed by atoms with Crippen molar-refractivity contribution in [1.29, 1.82) is 0 Å².